The highest BCUT2D eigenvalue weighted by Crippen LogP contribution is 2.26. The van der Waals surface area contributed by atoms with Crippen LogP contribution in [-0.4, -0.2) is 29.8 Å². The van der Waals surface area contributed by atoms with Crippen molar-refractivity contribution in [2.75, 3.05) is 13.7 Å². The van der Waals surface area contributed by atoms with Crippen LogP contribution in [0, 0.1) is 5.92 Å². The van der Waals surface area contributed by atoms with Gasteiger partial charge in [-0.1, -0.05) is 23.4 Å². The van der Waals surface area contributed by atoms with Crippen molar-refractivity contribution in [2.45, 2.75) is 26.0 Å². The van der Waals surface area contributed by atoms with E-state index in [9.17, 15) is 4.79 Å². The summed E-state index contributed by atoms with van der Waals surface area (Å²) in [6.45, 7) is 1.04. The molecule has 2 heterocycles. The molecule has 0 saturated heterocycles. The standard InChI is InChI=1S/C16H19N3O4/c1-21-10-15-18-14(19-23-15)9-17-16(20)12-6-7-22-13-5-3-2-4-11(13)8-12/h2-5,12H,6-10H2,1H3,(H,17,20). The lowest BCUT2D eigenvalue weighted by atomic mass is 9.96. The molecule has 7 heteroatoms. The molecule has 122 valence electrons. The summed E-state index contributed by atoms with van der Waals surface area (Å²) in [5, 5.41) is 6.66. The van der Waals surface area contributed by atoms with Crippen LogP contribution in [0.3, 0.4) is 0 Å². The molecular formula is C16H19N3O4. The van der Waals surface area contributed by atoms with Gasteiger partial charge in [0.05, 0.1) is 13.2 Å². The lowest BCUT2D eigenvalue weighted by Crippen LogP contribution is -2.32. The first-order chi connectivity index (χ1) is 11.3. The van der Waals surface area contributed by atoms with Gasteiger partial charge in [-0.25, -0.2) is 0 Å². The number of ether oxygens (including phenoxy) is 2. The van der Waals surface area contributed by atoms with Gasteiger partial charge in [0, 0.05) is 13.0 Å². The van der Waals surface area contributed by atoms with Crippen molar-refractivity contribution in [2.24, 2.45) is 5.92 Å². The number of methoxy groups -OCH3 is 1. The Morgan fingerprint density at radius 1 is 1.43 bits per heavy atom. The highest BCUT2D eigenvalue weighted by Gasteiger charge is 2.23. The number of amides is 1. The molecule has 1 aromatic heterocycles. The van der Waals surface area contributed by atoms with Crippen molar-refractivity contribution in [3.63, 3.8) is 0 Å². The van der Waals surface area contributed by atoms with E-state index in [4.69, 9.17) is 14.0 Å². The van der Waals surface area contributed by atoms with Crippen LogP contribution in [0.2, 0.25) is 0 Å². The predicted octanol–water partition coefficient (Wildman–Crippen LogP) is 1.47. The average molecular weight is 317 g/mol. The van der Waals surface area contributed by atoms with E-state index in [1.54, 1.807) is 7.11 Å². The number of hydrogen-bond donors (Lipinski definition) is 1. The summed E-state index contributed by atoms with van der Waals surface area (Å²) in [6.07, 6.45) is 1.35. The number of para-hydroxylation sites is 1. The fourth-order valence-corrected chi connectivity index (χ4v) is 2.57. The van der Waals surface area contributed by atoms with E-state index in [0.717, 1.165) is 11.3 Å². The largest absolute Gasteiger partial charge is 0.493 e. The van der Waals surface area contributed by atoms with E-state index in [2.05, 4.69) is 15.5 Å². The van der Waals surface area contributed by atoms with Crippen LogP contribution in [0.25, 0.3) is 0 Å². The first-order valence-corrected chi connectivity index (χ1v) is 7.55. The summed E-state index contributed by atoms with van der Waals surface area (Å²) >= 11 is 0. The van der Waals surface area contributed by atoms with Gasteiger partial charge in [-0.2, -0.15) is 4.98 Å². The second kappa shape index (κ2) is 7.23. The third-order valence-electron chi connectivity index (χ3n) is 3.73. The van der Waals surface area contributed by atoms with Crippen molar-refractivity contribution in [3.05, 3.63) is 41.5 Å². The number of fused-ring (bicyclic) bond motifs is 1. The third kappa shape index (κ3) is 3.87. The smallest absolute Gasteiger partial charge is 0.252 e. The minimum atomic E-state index is -0.121. The lowest BCUT2D eigenvalue weighted by Gasteiger charge is -2.12. The van der Waals surface area contributed by atoms with Crippen molar-refractivity contribution in [3.8, 4) is 5.75 Å². The molecule has 0 fully saturated rings. The summed E-state index contributed by atoms with van der Waals surface area (Å²) in [6, 6.07) is 7.83. The maximum Gasteiger partial charge on any atom is 0.252 e. The Kier molecular flexibility index (Phi) is 4.87. The Bertz CT molecular complexity index is 671. The number of rotatable bonds is 5. The fourth-order valence-electron chi connectivity index (χ4n) is 2.57. The summed E-state index contributed by atoms with van der Waals surface area (Å²) in [5.41, 5.74) is 1.06. The zero-order chi connectivity index (χ0) is 16.1. The maximum absolute atomic E-state index is 12.4. The molecule has 1 aromatic carbocycles. The van der Waals surface area contributed by atoms with Crippen molar-refractivity contribution >= 4 is 5.91 Å². The van der Waals surface area contributed by atoms with E-state index in [1.807, 2.05) is 24.3 Å². The SMILES string of the molecule is COCc1nc(CNC(=O)C2CCOc3ccccc3C2)no1. The first-order valence-electron chi connectivity index (χ1n) is 7.55. The van der Waals surface area contributed by atoms with Crippen LogP contribution < -0.4 is 10.1 Å². The number of carbonyl (C=O) groups is 1. The zero-order valence-electron chi connectivity index (χ0n) is 12.9. The number of benzene rings is 1. The van der Waals surface area contributed by atoms with E-state index < -0.39 is 0 Å². The van der Waals surface area contributed by atoms with Crippen LogP contribution in [0.5, 0.6) is 5.75 Å². The second-order valence-corrected chi connectivity index (χ2v) is 5.40. The molecule has 7 nitrogen and oxygen atoms in total. The quantitative estimate of drug-likeness (QED) is 0.899. The van der Waals surface area contributed by atoms with E-state index in [0.29, 0.717) is 31.2 Å². The Hall–Kier alpha value is -2.41. The average Bonchev–Trinajstić information content (AvgIpc) is 2.89. The minimum Gasteiger partial charge on any atom is -0.493 e. The van der Waals surface area contributed by atoms with Crippen molar-refractivity contribution in [1.29, 1.82) is 0 Å². The zero-order valence-corrected chi connectivity index (χ0v) is 12.9. The molecule has 1 N–H and O–H groups in total. The number of nitrogens with zero attached hydrogens (tertiary/aromatic N) is 2. The van der Waals surface area contributed by atoms with Crippen LogP contribution in [0.15, 0.2) is 28.8 Å². The predicted molar refractivity (Wildman–Crippen MR) is 80.6 cm³/mol. The highest BCUT2D eigenvalue weighted by molar-refractivity contribution is 5.79. The van der Waals surface area contributed by atoms with E-state index >= 15 is 0 Å². The molecule has 1 amide bonds. The molecule has 3 rings (SSSR count). The van der Waals surface area contributed by atoms with E-state index in [1.165, 1.54) is 0 Å². The topological polar surface area (TPSA) is 86.5 Å². The number of carbonyl (C=O) groups excluding carboxylic acids is 1. The van der Waals surface area contributed by atoms with Gasteiger partial charge in [-0.05, 0) is 24.5 Å². The second-order valence-electron chi connectivity index (χ2n) is 5.40. The molecule has 0 bridgehead atoms. The molecule has 0 aliphatic carbocycles. The molecule has 1 aliphatic heterocycles. The van der Waals surface area contributed by atoms with Gasteiger partial charge in [0.1, 0.15) is 12.4 Å². The summed E-state index contributed by atoms with van der Waals surface area (Å²) < 4.78 is 15.6. The Morgan fingerprint density at radius 3 is 3.17 bits per heavy atom. The molecule has 0 radical (unpaired) electrons. The van der Waals surface area contributed by atoms with Crippen LogP contribution in [0.4, 0.5) is 0 Å². The number of nitrogens with one attached hydrogen (secondary N) is 1. The van der Waals surface area contributed by atoms with Crippen LogP contribution in [-0.2, 0) is 29.1 Å². The molecule has 23 heavy (non-hydrogen) atoms. The highest BCUT2D eigenvalue weighted by atomic mass is 16.5. The monoisotopic (exact) mass is 317 g/mol. The lowest BCUT2D eigenvalue weighted by molar-refractivity contribution is -0.125. The third-order valence-corrected chi connectivity index (χ3v) is 3.73. The molecular weight excluding hydrogens is 298 g/mol. The maximum atomic E-state index is 12.4. The normalized spacial score (nSPS) is 17.0. The van der Waals surface area contributed by atoms with Crippen molar-refractivity contribution in [1.82, 2.24) is 15.5 Å². The van der Waals surface area contributed by atoms with Gasteiger partial charge in [-0.15, -0.1) is 0 Å². The van der Waals surface area contributed by atoms with Gasteiger partial charge < -0.3 is 19.3 Å². The number of aromatic nitrogens is 2. The van der Waals surface area contributed by atoms with Gasteiger partial charge in [-0.3, -0.25) is 4.79 Å². The molecule has 1 unspecified atom stereocenters. The summed E-state index contributed by atoms with van der Waals surface area (Å²) in [5.74, 6) is 1.56. The minimum absolute atomic E-state index is 0.0246. The number of hydrogen-bond acceptors (Lipinski definition) is 6. The van der Waals surface area contributed by atoms with Gasteiger partial charge in [0.2, 0.25) is 5.91 Å². The Labute approximate surface area is 134 Å². The molecule has 1 aliphatic rings. The molecule has 1 atom stereocenters. The van der Waals surface area contributed by atoms with Gasteiger partial charge in [0.25, 0.3) is 5.89 Å². The summed E-state index contributed by atoms with van der Waals surface area (Å²) in [7, 11) is 1.55. The van der Waals surface area contributed by atoms with Crippen molar-refractivity contribution < 1.29 is 18.8 Å². The van der Waals surface area contributed by atoms with Crippen LogP contribution >= 0.6 is 0 Å². The fraction of sp³-hybridized carbons (Fsp3) is 0.438. The van der Waals surface area contributed by atoms with Gasteiger partial charge >= 0.3 is 0 Å². The Balaban J connectivity index is 1.57. The first kappa shape index (κ1) is 15.5. The van der Waals surface area contributed by atoms with E-state index in [-0.39, 0.29) is 25.0 Å². The molecule has 0 saturated carbocycles. The molecule has 0 spiro atoms. The van der Waals surface area contributed by atoms with Gasteiger partial charge in [0.15, 0.2) is 5.82 Å². The Morgan fingerprint density at radius 2 is 2.30 bits per heavy atom. The van der Waals surface area contributed by atoms with Crippen LogP contribution in [0.1, 0.15) is 23.7 Å². The summed E-state index contributed by atoms with van der Waals surface area (Å²) in [4.78, 5) is 16.5. The molecule has 2 aromatic rings.